The summed E-state index contributed by atoms with van der Waals surface area (Å²) in [6.07, 6.45) is 0. The lowest BCUT2D eigenvalue weighted by molar-refractivity contribution is 1.73. The van der Waals surface area contributed by atoms with Gasteiger partial charge in [-0.3, -0.25) is 0 Å². The maximum Gasteiger partial charge on any atom is 0.0686 e. The summed E-state index contributed by atoms with van der Waals surface area (Å²) in [5.74, 6) is 0. The van der Waals surface area contributed by atoms with E-state index in [0.717, 1.165) is 0 Å². The molecule has 0 nitrogen and oxygen atoms in total. The molecule has 0 amide bonds. The van der Waals surface area contributed by atoms with Crippen molar-refractivity contribution in [3.05, 3.63) is 121 Å². The van der Waals surface area contributed by atoms with Crippen LogP contribution in [-0.4, -0.2) is 15.8 Å². The second-order valence-electron chi connectivity index (χ2n) is 6.21. The minimum Gasteiger partial charge on any atom is -0.0623 e. The third kappa shape index (κ3) is 3.62. The predicted octanol–water partition coefficient (Wildman–Crippen LogP) is 2.68. The highest BCUT2D eigenvalue weighted by Crippen LogP contribution is 1.94. The zero-order chi connectivity index (χ0) is 17.6. The Morgan fingerprint density at radius 1 is 0.269 bits per heavy atom. The Morgan fingerprint density at radius 2 is 0.462 bits per heavy atom. The molecule has 4 aromatic rings. The lowest BCUT2D eigenvalue weighted by atomic mass is 10.4. The van der Waals surface area contributed by atoms with Crippen molar-refractivity contribution < 1.29 is 0 Å². The molecular formula is C24H20Si2. The van der Waals surface area contributed by atoms with Crippen LogP contribution in [0.1, 0.15) is 0 Å². The van der Waals surface area contributed by atoms with Crippen molar-refractivity contribution in [2.45, 2.75) is 0 Å². The number of hydrogen-bond donors (Lipinski definition) is 0. The molecule has 0 radical (unpaired) electrons. The van der Waals surface area contributed by atoms with Gasteiger partial charge in [0.25, 0.3) is 0 Å². The topological polar surface area (TPSA) is 0 Å². The normalized spacial score (nSPS) is 10.3. The average molecular weight is 365 g/mol. The third-order valence-electron chi connectivity index (χ3n) is 4.50. The maximum atomic E-state index is 2.32. The average Bonchev–Trinajstić information content (AvgIpc) is 2.74. The summed E-state index contributed by atoms with van der Waals surface area (Å²) >= 11 is 0. The molecule has 0 aliphatic rings. The van der Waals surface area contributed by atoms with Gasteiger partial charge in [-0.2, -0.15) is 0 Å². The fourth-order valence-corrected chi connectivity index (χ4v) is 12.7. The van der Waals surface area contributed by atoms with E-state index < -0.39 is 15.8 Å². The first-order chi connectivity index (χ1) is 12.9. The smallest absolute Gasteiger partial charge is 0.0623 e. The number of hydrogen-bond acceptors (Lipinski definition) is 0. The zero-order valence-corrected chi connectivity index (χ0v) is 16.5. The highest BCUT2D eigenvalue weighted by atomic mass is 28.9. The Hall–Kier alpha value is -2.69. The van der Waals surface area contributed by atoms with Crippen LogP contribution in [0.5, 0.6) is 0 Å². The van der Waals surface area contributed by atoms with Gasteiger partial charge < -0.3 is 0 Å². The molecule has 4 rings (SSSR count). The van der Waals surface area contributed by atoms with E-state index in [9.17, 15) is 0 Å². The van der Waals surface area contributed by atoms with Crippen LogP contribution in [-0.2, 0) is 0 Å². The molecule has 0 saturated carbocycles. The lowest BCUT2D eigenvalue weighted by Crippen LogP contribution is -2.51. The molecule has 0 unspecified atom stereocenters. The molecule has 0 aliphatic carbocycles. The van der Waals surface area contributed by atoms with Crippen LogP contribution in [0.2, 0.25) is 0 Å². The Kier molecular flexibility index (Phi) is 5.24. The summed E-state index contributed by atoms with van der Waals surface area (Å²) in [6, 6.07) is 44.4. The summed E-state index contributed by atoms with van der Waals surface area (Å²) in [7, 11) is -1.88. The summed E-state index contributed by atoms with van der Waals surface area (Å²) in [6.45, 7) is 0. The van der Waals surface area contributed by atoms with Gasteiger partial charge in [-0.05, 0) is 20.7 Å². The first-order valence-electron chi connectivity index (χ1n) is 8.89. The largest absolute Gasteiger partial charge is 0.0686 e. The summed E-state index contributed by atoms with van der Waals surface area (Å²) in [5, 5.41) is 5.96. The van der Waals surface area contributed by atoms with Gasteiger partial charge in [0, 0.05) is 0 Å². The van der Waals surface area contributed by atoms with Crippen LogP contribution in [0.25, 0.3) is 0 Å². The molecule has 4 aromatic carbocycles. The summed E-state index contributed by atoms with van der Waals surface area (Å²) in [4.78, 5) is 0. The van der Waals surface area contributed by atoms with Crippen LogP contribution >= 0.6 is 0 Å². The van der Waals surface area contributed by atoms with Gasteiger partial charge in [-0.1, -0.05) is 121 Å². The van der Waals surface area contributed by atoms with Crippen molar-refractivity contribution in [2.24, 2.45) is 0 Å². The fraction of sp³-hybridized carbons (Fsp3) is 0. The molecule has 0 aliphatic heterocycles. The zero-order valence-electron chi connectivity index (χ0n) is 14.5. The summed E-state index contributed by atoms with van der Waals surface area (Å²) in [5.41, 5.74) is 0. The van der Waals surface area contributed by atoms with Gasteiger partial charge in [-0.15, -0.1) is 0 Å². The van der Waals surface area contributed by atoms with Crippen molar-refractivity contribution in [3.8, 4) is 0 Å². The van der Waals surface area contributed by atoms with Gasteiger partial charge >= 0.3 is 0 Å². The lowest BCUT2D eigenvalue weighted by Gasteiger charge is -2.16. The van der Waals surface area contributed by atoms with Gasteiger partial charge in [0.1, 0.15) is 0 Å². The monoisotopic (exact) mass is 364 g/mol. The molecule has 0 atom stereocenters. The quantitative estimate of drug-likeness (QED) is 0.489. The van der Waals surface area contributed by atoms with E-state index in [-0.39, 0.29) is 0 Å². The van der Waals surface area contributed by atoms with E-state index in [2.05, 4.69) is 121 Å². The minimum absolute atomic E-state index is 0.941. The molecule has 124 valence electrons. The first-order valence-corrected chi connectivity index (χ1v) is 12.9. The Balaban J connectivity index is 2.09. The molecular weight excluding hydrogens is 344 g/mol. The van der Waals surface area contributed by atoms with Crippen LogP contribution in [0.3, 0.4) is 0 Å². The second kappa shape index (κ2) is 8.13. The first kappa shape index (κ1) is 16.8. The third-order valence-corrected chi connectivity index (χ3v) is 13.6. The van der Waals surface area contributed by atoms with E-state index in [1.807, 2.05) is 0 Å². The van der Waals surface area contributed by atoms with Crippen molar-refractivity contribution in [1.29, 1.82) is 0 Å². The van der Waals surface area contributed by atoms with Gasteiger partial charge in [0.15, 0.2) is 0 Å². The molecule has 0 saturated heterocycles. The van der Waals surface area contributed by atoms with E-state index in [1.54, 1.807) is 0 Å². The summed E-state index contributed by atoms with van der Waals surface area (Å²) < 4.78 is 0. The van der Waals surface area contributed by atoms with Crippen LogP contribution in [0.15, 0.2) is 121 Å². The minimum atomic E-state index is -0.941. The van der Waals surface area contributed by atoms with Crippen LogP contribution in [0, 0.1) is 0 Å². The van der Waals surface area contributed by atoms with Crippen LogP contribution < -0.4 is 20.7 Å². The van der Waals surface area contributed by atoms with Crippen molar-refractivity contribution >= 4 is 36.5 Å². The molecule has 2 heteroatoms. The van der Waals surface area contributed by atoms with Gasteiger partial charge in [-0.25, -0.2) is 0 Å². The van der Waals surface area contributed by atoms with Crippen molar-refractivity contribution in [1.82, 2.24) is 0 Å². The van der Waals surface area contributed by atoms with Gasteiger partial charge in [0.2, 0.25) is 0 Å². The molecule has 0 bridgehead atoms. The molecule has 0 spiro atoms. The SMILES string of the molecule is c1ccc([Si](c2ccccc2)=[Si](c2ccccc2)c2ccccc2)cc1. The Labute approximate surface area is 157 Å². The van der Waals surface area contributed by atoms with E-state index in [4.69, 9.17) is 0 Å². The van der Waals surface area contributed by atoms with E-state index in [0.29, 0.717) is 0 Å². The number of benzene rings is 4. The highest BCUT2D eigenvalue weighted by Gasteiger charge is 2.17. The van der Waals surface area contributed by atoms with Crippen molar-refractivity contribution in [3.63, 3.8) is 0 Å². The van der Waals surface area contributed by atoms with Gasteiger partial charge in [0.05, 0.1) is 15.8 Å². The van der Waals surface area contributed by atoms with Crippen molar-refractivity contribution in [2.75, 3.05) is 0 Å². The van der Waals surface area contributed by atoms with E-state index in [1.165, 1.54) is 20.7 Å². The number of rotatable bonds is 4. The highest BCUT2D eigenvalue weighted by molar-refractivity contribution is 7.19. The molecule has 0 aromatic heterocycles. The Bertz CT molecular complexity index is 825. The molecule has 0 fully saturated rings. The standard InChI is InChI=1S/C24H20Si2/c1-5-13-21(14-6-1)25(22-15-7-2-8-16-22)26(23-17-9-3-10-18-23)24-19-11-4-12-20-24/h1-20H. The van der Waals surface area contributed by atoms with E-state index >= 15 is 0 Å². The van der Waals surface area contributed by atoms with Crippen LogP contribution in [0.4, 0.5) is 0 Å². The fourth-order valence-electron chi connectivity index (χ4n) is 3.33. The molecule has 26 heavy (non-hydrogen) atoms. The predicted molar refractivity (Wildman–Crippen MR) is 116 cm³/mol. The molecule has 0 N–H and O–H groups in total. The maximum absolute atomic E-state index is 2.32. The molecule has 0 heterocycles. The Morgan fingerprint density at radius 3 is 0.654 bits per heavy atom. The second-order valence-corrected chi connectivity index (χ2v) is 13.0.